The lowest BCUT2D eigenvalue weighted by Crippen LogP contribution is -2.64. The maximum atomic E-state index is 11.7. The van der Waals surface area contributed by atoms with Crippen LogP contribution in [0.15, 0.2) is 0 Å². The van der Waals surface area contributed by atoms with E-state index in [1.165, 1.54) is 0 Å². The summed E-state index contributed by atoms with van der Waals surface area (Å²) in [6.07, 6.45) is 1.29. The number of carbonyl (C=O) groups excluding carboxylic acids is 1. The molecule has 19 heavy (non-hydrogen) atoms. The summed E-state index contributed by atoms with van der Waals surface area (Å²) in [5, 5.41) is 6.26. The van der Waals surface area contributed by atoms with Gasteiger partial charge >= 0.3 is 0 Å². The van der Waals surface area contributed by atoms with Crippen molar-refractivity contribution in [3.8, 4) is 0 Å². The van der Waals surface area contributed by atoms with Gasteiger partial charge in [0.15, 0.2) is 0 Å². The molecule has 3 atom stereocenters. The molecule has 1 rings (SSSR count). The first-order valence-corrected chi connectivity index (χ1v) is 7.44. The summed E-state index contributed by atoms with van der Waals surface area (Å²) in [5.41, 5.74) is 0.0929. The van der Waals surface area contributed by atoms with E-state index in [0.717, 1.165) is 13.0 Å². The molecule has 0 aliphatic heterocycles. The fourth-order valence-corrected chi connectivity index (χ4v) is 2.46. The van der Waals surface area contributed by atoms with E-state index in [0.29, 0.717) is 24.6 Å². The SMILES string of the molecule is CCNC(=O)C(C)NC1CC(OCC(C)C)C1(C)C. The van der Waals surface area contributed by atoms with Crippen molar-refractivity contribution in [2.45, 2.75) is 66.2 Å². The third-order valence-corrected chi connectivity index (χ3v) is 4.00. The minimum Gasteiger partial charge on any atom is -0.377 e. The van der Waals surface area contributed by atoms with E-state index in [2.05, 4.69) is 38.3 Å². The zero-order chi connectivity index (χ0) is 14.6. The molecule has 0 aromatic rings. The van der Waals surface area contributed by atoms with Crippen LogP contribution >= 0.6 is 0 Å². The highest BCUT2D eigenvalue weighted by Gasteiger charge is 2.49. The average Bonchev–Trinajstić information content (AvgIpc) is 2.32. The standard InChI is InChI=1S/C15H30N2O2/c1-7-16-14(18)11(4)17-12-8-13(15(12,5)6)19-9-10(2)3/h10-13,17H,7-9H2,1-6H3,(H,16,18). The molecular weight excluding hydrogens is 240 g/mol. The third-order valence-electron chi connectivity index (χ3n) is 4.00. The molecule has 1 aliphatic carbocycles. The number of rotatable bonds is 7. The Morgan fingerprint density at radius 2 is 2.00 bits per heavy atom. The van der Waals surface area contributed by atoms with E-state index in [1.54, 1.807) is 0 Å². The average molecular weight is 270 g/mol. The predicted molar refractivity (Wildman–Crippen MR) is 78.0 cm³/mol. The van der Waals surface area contributed by atoms with Gasteiger partial charge in [0.1, 0.15) is 0 Å². The second-order valence-corrected chi connectivity index (χ2v) is 6.61. The molecule has 4 heteroatoms. The van der Waals surface area contributed by atoms with Crippen LogP contribution in [0.2, 0.25) is 0 Å². The summed E-state index contributed by atoms with van der Waals surface area (Å²) < 4.78 is 5.93. The Kier molecular flexibility index (Phi) is 5.81. The molecule has 0 radical (unpaired) electrons. The Labute approximate surface area is 117 Å². The van der Waals surface area contributed by atoms with Crippen molar-refractivity contribution in [3.05, 3.63) is 0 Å². The largest absolute Gasteiger partial charge is 0.377 e. The second-order valence-electron chi connectivity index (χ2n) is 6.61. The lowest BCUT2D eigenvalue weighted by molar-refractivity contribution is -0.134. The van der Waals surface area contributed by atoms with E-state index in [9.17, 15) is 4.79 Å². The number of hydrogen-bond acceptors (Lipinski definition) is 3. The zero-order valence-electron chi connectivity index (χ0n) is 13.2. The van der Waals surface area contributed by atoms with Crippen LogP contribution in [0.5, 0.6) is 0 Å². The third kappa shape index (κ3) is 4.18. The monoisotopic (exact) mass is 270 g/mol. The van der Waals surface area contributed by atoms with Gasteiger partial charge in [0, 0.05) is 24.6 Å². The first kappa shape index (κ1) is 16.4. The molecule has 1 fully saturated rings. The van der Waals surface area contributed by atoms with Crippen molar-refractivity contribution in [2.75, 3.05) is 13.2 Å². The minimum absolute atomic E-state index is 0.0739. The van der Waals surface area contributed by atoms with Crippen LogP contribution < -0.4 is 10.6 Å². The molecule has 1 saturated carbocycles. The summed E-state index contributed by atoms with van der Waals surface area (Å²) >= 11 is 0. The van der Waals surface area contributed by atoms with Crippen LogP contribution in [-0.2, 0) is 9.53 Å². The second kappa shape index (κ2) is 6.71. The maximum Gasteiger partial charge on any atom is 0.236 e. The Bertz CT molecular complexity index is 303. The van der Waals surface area contributed by atoms with E-state index in [4.69, 9.17) is 4.74 Å². The smallest absolute Gasteiger partial charge is 0.236 e. The van der Waals surface area contributed by atoms with Crippen molar-refractivity contribution in [1.29, 1.82) is 0 Å². The number of nitrogens with one attached hydrogen (secondary N) is 2. The molecule has 0 bridgehead atoms. The van der Waals surface area contributed by atoms with Crippen LogP contribution in [0, 0.1) is 11.3 Å². The number of hydrogen-bond donors (Lipinski definition) is 2. The van der Waals surface area contributed by atoms with Crippen molar-refractivity contribution < 1.29 is 9.53 Å². The van der Waals surface area contributed by atoms with Gasteiger partial charge in [-0.2, -0.15) is 0 Å². The molecule has 1 aliphatic rings. The van der Waals surface area contributed by atoms with Gasteiger partial charge in [-0.1, -0.05) is 27.7 Å². The van der Waals surface area contributed by atoms with Gasteiger partial charge in [0.25, 0.3) is 0 Å². The van der Waals surface area contributed by atoms with Crippen molar-refractivity contribution in [3.63, 3.8) is 0 Å². The Morgan fingerprint density at radius 1 is 1.37 bits per heavy atom. The van der Waals surface area contributed by atoms with Gasteiger partial charge in [-0.05, 0) is 26.2 Å². The highest BCUT2D eigenvalue weighted by Crippen LogP contribution is 2.43. The Balaban J connectivity index is 2.40. The molecule has 2 N–H and O–H groups in total. The molecule has 4 nitrogen and oxygen atoms in total. The Hall–Kier alpha value is -0.610. The van der Waals surface area contributed by atoms with Crippen LogP contribution in [0.3, 0.4) is 0 Å². The molecular formula is C15H30N2O2. The predicted octanol–water partition coefficient (Wildman–Crippen LogP) is 1.94. The van der Waals surface area contributed by atoms with Gasteiger partial charge in [0.2, 0.25) is 5.91 Å². The van der Waals surface area contributed by atoms with Crippen LogP contribution in [-0.4, -0.2) is 37.2 Å². The molecule has 112 valence electrons. The topological polar surface area (TPSA) is 50.4 Å². The van der Waals surface area contributed by atoms with Gasteiger partial charge in [-0.25, -0.2) is 0 Å². The summed E-state index contributed by atoms with van der Waals surface area (Å²) in [5.74, 6) is 0.641. The summed E-state index contributed by atoms with van der Waals surface area (Å²) in [7, 11) is 0. The first-order chi connectivity index (χ1) is 8.78. The number of amides is 1. The van der Waals surface area contributed by atoms with Gasteiger partial charge < -0.3 is 15.4 Å². The van der Waals surface area contributed by atoms with Crippen molar-refractivity contribution in [2.24, 2.45) is 11.3 Å². The van der Waals surface area contributed by atoms with E-state index in [-0.39, 0.29) is 17.4 Å². The summed E-state index contributed by atoms with van der Waals surface area (Å²) in [6.45, 7) is 14.1. The van der Waals surface area contributed by atoms with E-state index < -0.39 is 0 Å². The fourth-order valence-electron chi connectivity index (χ4n) is 2.46. The molecule has 0 aromatic heterocycles. The fraction of sp³-hybridized carbons (Fsp3) is 0.933. The van der Waals surface area contributed by atoms with Crippen molar-refractivity contribution in [1.82, 2.24) is 10.6 Å². The van der Waals surface area contributed by atoms with Gasteiger partial charge in [-0.15, -0.1) is 0 Å². The van der Waals surface area contributed by atoms with Crippen molar-refractivity contribution >= 4 is 5.91 Å². The summed E-state index contributed by atoms with van der Waals surface area (Å²) in [4.78, 5) is 11.7. The van der Waals surface area contributed by atoms with E-state index in [1.807, 2.05) is 13.8 Å². The lowest BCUT2D eigenvalue weighted by atomic mass is 9.64. The zero-order valence-corrected chi connectivity index (χ0v) is 13.2. The number of carbonyl (C=O) groups is 1. The van der Waals surface area contributed by atoms with Crippen LogP contribution in [0.4, 0.5) is 0 Å². The first-order valence-electron chi connectivity index (χ1n) is 7.44. The normalized spacial score (nSPS) is 26.9. The summed E-state index contributed by atoms with van der Waals surface area (Å²) in [6, 6.07) is 0.206. The molecule has 1 amide bonds. The molecule has 0 saturated heterocycles. The van der Waals surface area contributed by atoms with Crippen LogP contribution in [0.25, 0.3) is 0 Å². The number of likely N-dealkylation sites (N-methyl/N-ethyl adjacent to an activating group) is 1. The highest BCUT2D eigenvalue weighted by molar-refractivity contribution is 5.81. The number of ether oxygens (including phenoxy) is 1. The van der Waals surface area contributed by atoms with Crippen LogP contribution in [0.1, 0.15) is 48.0 Å². The van der Waals surface area contributed by atoms with Gasteiger partial charge in [-0.3, -0.25) is 4.79 Å². The maximum absolute atomic E-state index is 11.7. The molecule has 0 spiro atoms. The highest BCUT2D eigenvalue weighted by atomic mass is 16.5. The van der Waals surface area contributed by atoms with E-state index >= 15 is 0 Å². The Morgan fingerprint density at radius 3 is 2.47 bits per heavy atom. The molecule has 0 aromatic carbocycles. The lowest BCUT2D eigenvalue weighted by Gasteiger charge is -2.52. The molecule has 3 unspecified atom stereocenters. The minimum atomic E-state index is -0.143. The quantitative estimate of drug-likeness (QED) is 0.743. The van der Waals surface area contributed by atoms with Gasteiger partial charge in [0.05, 0.1) is 12.1 Å². The molecule has 0 heterocycles.